The quantitative estimate of drug-likeness (QED) is 0.512. The van der Waals surface area contributed by atoms with E-state index in [2.05, 4.69) is 40.6 Å². The first kappa shape index (κ1) is 17.4. The standard InChI is InChI=1S/C20H22N6OS/c1-5-25-17(16-6-11(2)19-21-9-12(3)26(19)24-16)8-15(23-25)13-7-14(13)18-10-22-20(27-4)28-18/h6,8-10,13-14H,5,7H2,1-4H3. The number of thiazole rings is 1. The van der Waals surface area contributed by atoms with Gasteiger partial charge < -0.3 is 4.74 Å². The van der Waals surface area contributed by atoms with Gasteiger partial charge in [0.1, 0.15) is 5.69 Å². The lowest BCUT2D eigenvalue weighted by atomic mass is 10.1. The number of rotatable bonds is 5. The van der Waals surface area contributed by atoms with Crippen molar-refractivity contribution in [2.75, 3.05) is 7.11 Å². The highest BCUT2D eigenvalue weighted by atomic mass is 32.1. The highest BCUT2D eigenvalue weighted by Crippen LogP contribution is 2.56. The van der Waals surface area contributed by atoms with Crippen LogP contribution in [-0.2, 0) is 6.54 Å². The molecule has 1 saturated carbocycles. The van der Waals surface area contributed by atoms with E-state index in [1.165, 1.54) is 4.88 Å². The van der Waals surface area contributed by atoms with E-state index in [0.717, 1.165) is 52.1 Å². The van der Waals surface area contributed by atoms with Gasteiger partial charge in [0, 0.05) is 29.5 Å². The van der Waals surface area contributed by atoms with Crippen molar-refractivity contribution in [3.8, 4) is 16.6 Å². The zero-order valence-corrected chi connectivity index (χ0v) is 17.2. The minimum Gasteiger partial charge on any atom is -0.473 e. The maximum Gasteiger partial charge on any atom is 0.273 e. The average molecular weight is 395 g/mol. The molecule has 2 atom stereocenters. The van der Waals surface area contributed by atoms with Crippen molar-refractivity contribution in [1.82, 2.24) is 29.4 Å². The highest BCUT2D eigenvalue weighted by molar-refractivity contribution is 7.13. The molecule has 1 aliphatic carbocycles. The normalized spacial score (nSPS) is 18.7. The Morgan fingerprint density at radius 2 is 2.00 bits per heavy atom. The zero-order valence-electron chi connectivity index (χ0n) is 16.4. The smallest absolute Gasteiger partial charge is 0.273 e. The van der Waals surface area contributed by atoms with Gasteiger partial charge in [0.25, 0.3) is 5.19 Å². The number of ether oxygens (including phenoxy) is 1. The molecule has 28 heavy (non-hydrogen) atoms. The number of nitrogens with zero attached hydrogens (tertiary/aromatic N) is 6. The van der Waals surface area contributed by atoms with Crippen molar-refractivity contribution < 1.29 is 4.74 Å². The number of hydrogen-bond acceptors (Lipinski definition) is 6. The summed E-state index contributed by atoms with van der Waals surface area (Å²) in [4.78, 5) is 10.0. The van der Waals surface area contributed by atoms with Gasteiger partial charge in [-0.2, -0.15) is 10.2 Å². The van der Waals surface area contributed by atoms with Gasteiger partial charge in [-0.05, 0) is 44.9 Å². The van der Waals surface area contributed by atoms with Gasteiger partial charge in [0.2, 0.25) is 0 Å². The van der Waals surface area contributed by atoms with Crippen LogP contribution in [-0.4, -0.2) is 36.5 Å². The van der Waals surface area contributed by atoms with Crippen LogP contribution >= 0.6 is 11.3 Å². The Bertz CT molecular complexity index is 1170. The molecule has 0 aliphatic heterocycles. The number of hydrogen-bond donors (Lipinski definition) is 0. The molecule has 0 N–H and O–H groups in total. The molecule has 0 aromatic carbocycles. The van der Waals surface area contributed by atoms with Crippen molar-refractivity contribution in [2.24, 2.45) is 0 Å². The second-order valence-electron chi connectivity index (χ2n) is 7.30. The van der Waals surface area contributed by atoms with Crippen LogP contribution in [0.5, 0.6) is 5.19 Å². The monoisotopic (exact) mass is 394 g/mol. The maximum absolute atomic E-state index is 5.23. The van der Waals surface area contributed by atoms with E-state index in [1.807, 2.05) is 23.8 Å². The van der Waals surface area contributed by atoms with Crippen LogP contribution in [0.15, 0.2) is 24.5 Å². The van der Waals surface area contributed by atoms with Gasteiger partial charge in [-0.1, -0.05) is 11.3 Å². The molecule has 144 valence electrons. The van der Waals surface area contributed by atoms with E-state index in [4.69, 9.17) is 14.9 Å². The minimum absolute atomic E-state index is 0.441. The van der Waals surface area contributed by atoms with Crippen molar-refractivity contribution in [3.05, 3.63) is 46.4 Å². The molecule has 0 amide bonds. The molecule has 0 bridgehead atoms. The van der Waals surface area contributed by atoms with Crippen LogP contribution < -0.4 is 4.74 Å². The molecule has 7 nitrogen and oxygen atoms in total. The van der Waals surface area contributed by atoms with Crippen molar-refractivity contribution >= 4 is 17.0 Å². The van der Waals surface area contributed by atoms with Crippen molar-refractivity contribution in [2.45, 2.75) is 45.6 Å². The first-order valence-electron chi connectivity index (χ1n) is 9.48. The molecular formula is C20H22N6OS. The van der Waals surface area contributed by atoms with E-state index in [-0.39, 0.29) is 0 Å². The Kier molecular flexibility index (Phi) is 3.97. The molecule has 5 rings (SSSR count). The summed E-state index contributed by atoms with van der Waals surface area (Å²) in [7, 11) is 1.66. The molecular weight excluding hydrogens is 372 g/mol. The molecule has 0 spiro atoms. The summed E-state index contributed by atoms with van der Waals surface area (Å²) in [5.41, 5.74) is 6.18. The van der Waals surface area contributed by atoms with E-state index < -0.39 is 0 Å². The summed E-state index contributed by atoms with van der Waals surface area (Å²) in [6.07, 6.45) is 4.91. The second-order valence-corrected chi connectivity index (χ2v) is 8.32. The van der Waals surface area contributed by atoms with E-state index >= 15 is 0 Å². The highest BCUT2D eigenvalue weighted by Gasteiger charge is 2.43. The Balaban J connectivity index is 1.50. The van der Waals surface area contributed by atoms with Gasteiger partial charge in [0.05, 0.1) is 30.4 Å². The fraction of sp³-hybridized carbons (Fsp3) is 0.400. The Labute approximate surface area is 167 Å². The predicted octanol–water partition coefficient (Wildman–Crippen LogP) is 3.97. The lowest BCUT2D eigenvalue weighted by Crippen LogP contribution is -2.04. The van der Waals surface area contributed by atoms with Gasteiger partial charge in [-0.15, -0.1) is 0 Å². The number of aryl methyl sites for hydroxylation is 3. The van der Waals surface area contributed by atoms with Gasteiger partial charge in [-0.25, -0.2) is 14.5 Å². The van der Waals surface area contributed by atoms with Crippen LogP contribution in [0.25, 0.3) is 17.0 Å². The van der Waals surface area contributed by atoms with Gasteiger partial charge >= 0.3 is 0 Å². The molecule has 1 fully saturated rings. The number of aromatic nitrogens is 6. The number of methoxy groups -OCH3 is 1. The summed E-state index contributed by atoms with van der Waals surface area (Å²) in [6.45, 7) is 7.03. The Morgan fingerprint density at radius 3 is 2.75 bits per heavy atom. The zero-order chi connectivity index (χ0) is 19.4. The molecule has 0 saturated heterocycles. The van der Waals surface area contributed by atoms with Crippen molar-refractivity contribution in [1.29, 1.82) is 0 Å². The Hall–Kier alpha value is -2.74. The SMILES string of the molecule is CCn1nc(C2CC2c2cnc(OC)s2)cc1-c1cc(C)c2ncc(C)n2n1. The molecule has 1 aliphatic rings. The summed E-state index contributed by atoms with van der Waals surface area (Å²) in [6, 6.07) is 4.31. The summed E-state index contributed by atoms with van der Waals surface area (Å²) in [5.74, 6) is 0.930. The first-order valence-corrected chi connectivity index (χ1v) is 10.3. The van der Waals surface area contributed by atoms with E-state index in [1.54, 1.807) is 18.4 Å². The van der Waals surface area contributed by atoms with Crippen LogP contribution in [0.3, 0.4) is 0 Å². The summed E-state index contributed by atoms with van der Waals surface area (Å²) < 4.78 is 9.20. The van der Waals surface area contributed by atoms with E-state index in [0.29, 0.717) is 11.8 Å². The fourth-order valence-electron chi connectivity index (χ4n) is 3.79. The van der Waals surface area contributed by atoms with Crippen LogP contribution in [0, 0.1) is 13.8 Å². The second kappa shape index (κ2) is 6.41. The predicted molar refractivity (Wildman–Crippen MR) is 108 cm³/mol. The largest absolute Gasteiger partial charge is 0.473 e. The number of imidazole rings is 1. The molecule has 8 heteroatoms. The van der Waals surface area contributed by atoms with Gasteiger partial charge in [0.15, 0.2) is 5.65 Å². The third-order valence-corrected chi connectivity index (χ3v) is 6.49. The summed E-state index contributed by atoms with van der Waals surface area (Å²) in [5, 5.41) is 10.4. The van der Waals surface area contributed by atoms with Crippen LogP contribution in [0.1, 0.15) is 47.0 Å². The topological polar surface area (TPSA) is 70.1 Å². The molecule has 2 unspecified atom stereocenters. The third kappa shape index (κ3) is 2.71. The van der Waals surface area contributed by atoms with Crippen LogP contribution in [0.4, 0.5) is 0 Å². The van der Waals surface area contributed by atoms with Crippen molar-refractivity contribution in [3.63, 3.8) is 0 Å². The molecule has 0 radical (unpaired) electrons. The lowest BCUT2D eigenvalue weighted by Gasteiger charge is -2.07. The van der Waals surface area contributed by atoms with E-state index in [9.17, 15) is 0 Å². The number of fused-ring (bicyclic) bond motifs is 1. The van der Waals surface area contributed by atoms with Crippen LogP contribution in [0.2, 0.25) is 0 Å². The molecule has 4 aromatic rings. The maximum atomic E-state index is 5.23. The molecule has 4 aromatic heterocycles. The van der Waals surface area contributed by atoms with Gasteiger partial charge in [-0.3, -0.25) is 4.68 Å². The third-order valence-electron chi connectivity index (χ3n) is 5.40. The fourth-order valence-corrected chi connectivity index (χ4v) is 4.70. The molecule has 4 heterocycles. The minimum atomic E-state index is 0.441. The lowest BCUT2D eigenvalue weighted by molar-refractivity contribution is 0.412. The average Bonchev–Trinajstić information content (AvgIpc) is 3.06. The Morgan fingerprint density at radius 1 is 1.14 bits per heavy atom. The summed E-state index contributed by atoms with van der Waals surface area (Å²) >= 11 is 1.63. The first-order chi connectivity index (χ1) is 13.6.